The molecule has 0 bridgehead atoms. The highest BCUT2D eigenvalue weighted by atomic mass is 16.5. The molecular weight excluding hydrogens is 448 g/mol. The molecule has 4 rings (SSSR count). The second-order valence-corrected chi connectivity index (χ2v) is 7.51. The Kier molecular flexibility index (Phi) is 6.73. The van der Waals surface area contributed by atoms with Crippen molar-refractivity contribution >= 4 is 12.0 Å². The molecule has 3 aromatic carbocycles. The third-order valence-corrected chi connectivity index (χ3v) is 5.45. The topological polar surface area (TPSA) is 91.9 Å². The van der Waals surface area contributed by atoms with Crippen LogP contribution in [0.4, 0.5) is 0 Å². The average Bonchev–Trinajstić information content (AvgIpc) is 3.25. The van der Waals surface area contributed by atoms with Crippen LogP contribution in [-0.2, 0) is 0 Å². The zero-order chi connectivity index (χ0) is 24.9. The Labute approximate surface area is 201 Å². The monoisotopic (exact) mass is 472 g/mol. The number of aromatic hydroxyl groups is 1. The minimum atomic E-state index is -0.540. The highest BCUT2D eigenvalue weighted by Gasteiger charge is 2.19. The zero-order valence-electron chi connectivity index (χ0n) is 19.5. The first-order valence-corrected chi connectivity index (χ1v) is 10.7. The summed E-state index contributed by atoms with van der Waals surface area (Å²) in [7, 11) is 4.40. The van der Waals surface area contributed by atoms with Gasteiger partial charge in [0.2, 0.25) is 5.75 Å². The van der Waals surface area contributed by atoms with E-state index in [4.69, 9.17) is 14.2 Å². The number of hydrogen-bond donors (Lipinski definition) is 1. The maximum absolute atomic E-state index is 13.4. The van der Waals surface area contributed by atoms with Crippen LogP contribution in [0.2, 0.25) is 0 Å². The summed E-state index contributed by atoms with van der Waals surface area (Å²) < 4.78 is 18.1. The maximum Gasteiger partial charge on any atom is 0.340 e. The van der Waals surface area contributed by atoms with Gasteiger partial charge in [0.1, 0.15) is 5.75 Å². The van der Waals surface area contributed by atoms with Crippen molar-refractivity contribution < 1.29 is 24.1 Å². The molecule has 0 aliphatic carbocycles. The first-order chi connectivity index (χ1) is 17.0. The van der Waals surface area contributed by atoms with E-state index in [-0.39, 0.29) is 17.2 Å². The van der Waals surface area contributed by atoms with E-state index in [1.165, 1.54) is 30.9 Å². The number of hydrogen-bond acceptors (Lipinski definition) is 6. The molecule has 0 saturated heterocycles. The Morgan fingerprint density at radius 1 is 0.886 bits per heavy atom. The van der Waals surface area contributed by atoms with E-state index in [9.17, 15) is 14.7 Å². The van der Waals surface area contributed by atoms with Gasteiger partial charge in [0.25, 0.3) is 5.91 Å². The number of rotatable bonds is 7. The molecule has 1 N–H and O–H groups in total. The molecule has 8 heteroatoms. The molecule has 0 amide bonds. The molecule has 8 nitrogen and oxygen atoms in total. The fourth-order valence-electron chi connectivity index (χ4n) is 3.65. The largest absolute Gasteiger partial charge is 0.502 e. The van der Waals surface area contributed by atoms with Crippen molar-refractivity contribution in [2.75, 3.05) is 21.3 Å². The van der Waals surface area contributed by atoms with Crippen LogP contribution in [0.1, 0.15) is 10.4 Å². The summed E-state index contributed by atoms with van der Waals surface area (Å²) in [5.41, 5.74) is 1.78. The Balaban J connectivity index is 1.80. The summed E-state index contributed by atoms with van der Waals surface area (Å²) >= 11 is 0. The lowest BCUT2D eigenvalue weighted by atomic mass is 10.1. The van der Waals surface area contributed by atoms with E-state index in [1.807, 2.05) is 18.2 Å². The number of allylic oxidation sites excluding steroid dienone is 1. The smallest absolute Gasteiger partial charge is 0.340 e. The second-order valence-electron chi connectivity index (χ2n) is 7.51. The molecule has 1 aromatic heterocycles. The lowest BCUT2D eigenvalue weighted by Gasteiger charge is -2.09. The molecule has 178 valence electrons. The molecule has 35 heavy (non-hydrogen) atoms. The van der Waals surface area contributed by atoms with Crippen molar-refractivity contribution in [2.24, 2.45) is 0 Å². The van der Waals surface area contributed by atoms with Gasteiger partial charge in [-0.3, -0.25) is 9.36 Å². The summed E-state index contributed by atoms with van der Waals surface area (Å²) in [5, 5.41) is 10.1. The summed E-state index contributed by atoms with van der Waals surface area (Å²) in [6, 6.07) is 19.3. The van der Waals surface area contributed by atoms with Gasteiger partial charge < -0.3 is 19.3 Å². The SMILES string of the molecule is COc1ccc(-c2cn(-c3ccccc3)c(=O)n2C(=O)/C=C/c2cc(OC)c(O)c(OC)c2)cc1. The number of imidazole rings is 1. The second kappa shape index (κ2) is 10.0. The molecule has 0 atom stereocenters. The van der Waals surface area contributed by atoms with Gasteiger partial charge in [0, 0.05) is 17.8 Å². The van der Waals surface area contributed by atoms with Crippen molar-refractivity contribution in [2.45, 2.75) is 0 Å². The molecular formula is C27H24N2O6. The molecule has 4 aromatic rings. The van der Waals surface area contributed by atoms with Gasteiger partial charge in [-0.05, 0) is 60.2 Å². The minimum absolute atomic E-state index is 0.142. The standard InChI is InChI=1S/C27H24N2O6/c1-33-21-12-10-19(11-13-21)22-17-28(20-7-5-4-6-8-20)27(32)29(22)25(30)14-9-18-15-23(34-2)26(31)24(16-18)35-3/h4-17,31H,1-3H3/b14-9+. The maximum atomic E-state index is 13.4. The molecule has 1 heterocycles. The highest BCUT2D eigenvalue weighted by molar-refractivity contribution is 5.96. The number of para-hydroxylation sites is 1. The Morgan fingerprint density at radius 3 is 2.09 bits per heavy atom. The van der Waals surface area contributed by atoms with Gasteiger partial charge >= 0.3 is 5.69 Å². The zero-order valence-corrected chi connectivity index (χ0v) is 19.5. The van der Waals surface area contributed by atoms with Gasteiger partial charge in [-0.2, -0.15) is 0 Å². The van der Waals surface area contributed by atoms with Gasteiger partial charge in [0.05, 0.1) is 32.7 Å². The molecule has 0 aliphatic heterocycles. The van der Waals surface area contributed by atoms with Crippen LogP contribution in [0.15, 0.2) is 83.8 Å². The van der Waals surface area contributed by atoms with E-state index in [0.29, 0.717) is 28.3 Å². The van der Waals surface area contributed by atoms with Crippen LogP contribution in [0.3, 0.4) is 0 Å². The number of methoxy groups -OCH3 is 3. The predicted molar refractivity (Wildman–Crippen MR) is 133 cm³/mol. The lowest BCUT2D eigenvalue weighted by molar-refractivity contribution is 0.0967. The van der Waals surface area contributed by atoms with Crippen LogP contribution in [0.25, 0.3) is 23.0 Å². The van der Waals surface area contributed by atoms with Gasteiger partial charge in [-0.15, -0.1) is 0 Å². The normalized spacial score (nSPS) is 10.9. The number of phenolic OH excluding ortho intramolecular Hbond substituents is 1. The third kappa shape index (κ3) is 4.67. The predicted octanol–water partition coefficient (Wildman–Crippen LogP) is 4.39. The number of nitrogens with zero attached hydrogens (tertiary/aromatic N) is 2. The Hall–Kier alpha value is -4.72. The van der Waals surface area contributed by atoms with E-state index in [2.05, 4.69) is 0 Å². The first kappa shape index (κ1) is 23.4. The molecule has 0 radical (unpaired) electrons. The fourth-order valence-corrected chi connectivity index (χ4v) is 3.65. The van der Waals surface area contributed by atoms with Crippen LogP contribution in [-0.4, -0.2) is 41.5 Å². The van der Waals surface area contributed by atoms with Crippen LogP contribution in [0, 0.1) is 0 Å². The molecule has 0 spiro atoms. The molecule has 0 aliphatic rings. The third-order valence-electron chi connectivity index (χ3n) is 5.45. The van der Waals surface area contributed by atoms with Gasteiger partial charge in [0.15, 0.2) is 11.5 Å². The summed E-state index contributed by atoms with van der Waals surface area (Å²) in [6.45, 7) is 0. The minimum Gasteiger partial charge on any atom is -0.502 e. The van der Waals surface area contributed by atoms with Crippen molar-refractivity contribution in [1.29, 1.82) is 0 Å². The number of ether oxygens (including phenoxy) is 3. The first-order valence-electron chi connectivity index (χ1n) is 10.7. The highest BCUT2D eigenvalue weighted by Crippen LogP contribution is 2.37. The molecule has 0 unspecified atom stereocenters. The number of carbonyl (C=O) groups excluding carboxylic acids is 1. The van der Waals surface area contributed by atoms with E-state index >= 15 is 0 Å². The molecule has 0 saturated carbocycles. The van der Waals surface area contributed by atoms with Crippen molar-refractivity contribution in [3.05, 3.63) is 95.1 Å². The Bertz CT molecular complexity index is 1410. The lowest BCUT2D eigenvalue weighted by Crippen LogP contribution is -2.27. The van der Waals surface area contributed by atoms with Crippen LogP contribution < -0.4 is 19.9 Å². The van der Waals surface area contributed by atoms with Gasteiger partial charge in [-0.25, -0.2) is 9.36 Å². The summed E-state index contributed by atoms with van der Waals surface area (Å²) in [5.74, 6) is 0.370. The summed E-state index contributed by atoms with van der Waals surface area (Å²) in [6.07, 6.45) is 4.45. The quantitative estimate of drug-likeness (QED) is 0.401. The van der Waals surface area contributed by atoms with Crippen LogP contribution in [0.5, 0.6) is 23.0 Å². The van der Waals surface area contributed by atoms with E-state index in [0.717, 1.165) is 4.57 Å². The fraction of sp³-hybridized carbons (Fsp3) is 0.111. The van der Waals surface area contributed by atoms with Crippen molar-refractivity contribution in [3.8, 4) is 39.9 Å². The number of carbonyl (C=O) groups is 1. The Morgan fingerprint density at radius 2 is 1.51 bits per heavy atom. The average molecular weight is 472 g/mol. The van der Waals surface area contributed by atoms with Crippen LogP contribution >= 0.6 is 0 Å². The van der Waals surface area contributed by atoms with E-state index < -0.39 is 11.6 Å². The van der Waals surface area contributed by atoms with Crippen molar-refractivity contribution in [3.63, 3.8) is 0 Å². The number of benzene rings is 3. The molecule has 0 fully saturated rings. The number of phenols is 1. The number of aromatic nitrogens is 2. The van der Waals surface area contributed by atoms with Crippen molar-refractivity contribution in [1.82, 2.24) is 9.13 Å². The van der Waals surface area contributed by atoms with Gasteiger partial charge in [-0.1, -0.05) is 18.2 Å². The summed E-state index contributed by atoms with van der Waals surface area (Å²) in [4.78, 5) is 26.7. The van der Waals surface area contributed by atoms with E-state index in [1.54, 1.807) is 61.8 Å².